The van der Waals surface area contributed by atoms with Gasteiger partial charge >= 0.3 is 5.69 Å². The minimum atomic E-state index is -0.502. The van der Waals surface area contributed by atoms with Crippen molar-refractivity contribution in [2.75, 3.05) is 0 Å². The number of H-pyrrole nitrogens is 2. The molecule has 0 fully saturated rings. The summed E-state index contributed by atoms with van der Waals surface area (Å²) < 4.78 is 1.39. The SMILES string of the molecule is Cl.O=c1[nH]c(=O)c2sc3cccnc3c2[nH]1. The van der Waals surface area contributed by atoms with Crippen molar-refractivity contribution in [2.45, 2.75) is 0 Å². The molecule has 0 bridgehead atoms. The van der Waals surface area contributed by atoms with Gasteiger partial charge in [0.15, 0.2) is 0 Å². The van der Waals surface area contributed by atoms with E-state index in [9.17, 15) is 9.59 Å². The minimum absolute atomic E-state index is 0. The molecule has 0 aliphatic rings. The average Bonchev–Trinajstić information content (AvgIpc) is 2.57. The van der Waals surface area contributed by atoms with Gasteiger partial charge in [-0.3, -0.25) is 14.8 Å². The van der Waals surface area contributed by atoms with Crippen molar-refractivity contribution in [3.8, 4) is 0 Å². The van der Waals surface area contributed by atoms with E-state index in [1.54, 1.807) is 12.3 Å². The van der Waals surface area contributed by atoms with Crippen LogP contribution in [0.2, 0.25) is 0 Å². The van der Waals surface area contributed by atoms with Crippen molar-refractivity contribution in [1.82, 2.24) is 15.0 Å². The first-order chi connectivity index (χ1) is 7.25. The Hall–Kier alpha value is -1.66. The topological polar surface area (TPSA) is 78.6 Å². The molecule has 0 aliphatic carbocycles. The fourth-order valence-corrected chi connectivity index (χ4v) is 2.52. The van der Waals surface area contributed by atoms with E-state index >= 15 is 0 Å². The van der Waals surface area contributed by atoms with Crippen molar-refractivity contribution in [1.29, 1.82) is 0 Å². The van der Waals surface area contributed by atoms with Crippen LogP contribution in [0.3, 0.4) is 0 Å². The largest absolute Gasteiger partial charge is 0.326 e. The Balaban J connectivity index is 0.000000963. The zero-order valence-electron chi connectivity index (χ0n) is 7.81. The number of pyridine rings is 1. The molecule has 5 nitrogen and oxygen atoms in total. The maximum absolute atomic E-state index is 11.5. The van der Waals surface area contributed by atoms with Crippen LogP contribution in [0.5, 0.6) is 0 Å². The maximum atomic E-state index is 11.5. The molecule has 3 aromatic rings. The summed E-state index contributed by atoms with van der Waals surface area (Å²) in [7, 11) is 0. The van der Waals surface area contributed by atoms with E-state index in [1.165, 1.54) is 11.3 Å². The van der Waals surface area contributed by atoms with Crippen molar-refractivity contribution in [3.05, 3.63) is 39.2 Å². The lowest BCUT2D eigenvalue weighted by Crippen LogP contribution is -2.20. The van der Waals surface area contributed by atoms with Gasteiger partial charge < -0.3 is 4.98 Å². The summed E-state index contributed by atoms with van der Waals surface area (Å²) in [6.45, 7) is 0. The summed E-state index contributed by atoms with van der Waals surface area (Å²) in [5.41, 5.74) is 0.319. The van der Waals surface area contributed by atoms with E-state index in [-0.39, 0.29) is 18.0 Å². The standard InChI is InChI=1S/C9H5N3O2S.ClH/c13-8-7-6(11-9(14)12-8)5-4(15-7)2-1-3-10-5;/h1-3H,(H2,11,12,13,14);1H. The number of nitrogens with zero attached hydrogens (tertiary/aromatic N) is 1. The van der Waals surface area contributed by atoms with Gasteiger partial charge in [0.2, 0.25) is 0 Å². The van der Waals surface area contributed by atoms with Crippen molar-refractivity contribution in [2.24, 2.45) is 0 Å². The lowest BCUT2D eigenvalue weighted by atomic mass is 10.3. The summed E-state index contributed by atoms with van der Waals surface area (Å²) in [6.07, 6.45) is 1.63. The molecule has 2 N–H and O–H groups in total. The van der Waals surface area contributed by atoms with Crippen LogP contribution >= 0.6 is 23.7 Å². The first kappa shape index (κ1) is 10.8. The third-order valence-electron chi connectivity index (χ3n) is 2.12. The Morgan fingerprint density at radius 1 is 1.25 bits per heavy atom. The molecule has 0 saturated heterocycles. The van der Waals surface area contributed by atoms with Gasteiger partial charge in [0, 0.05) is 6.20 Å². The van der Waals surface area contributed by atoms with Crippen LogP contribution in [0.25, 0.3) is 20.4 Å². The highest BCUT2D eigenvalue weighted by Gasteiger charge is 2.09. The predicted molar refractivity (Wildman–Crippen MR) is 65.6 cm³/mol. The third kappa shape index (κ3) is 1.43. The molecule has 0 aromatic carbocycles. The molecule has 3 aromatic heterocycles. The summed E-state index contributed by atoms with van der Waals surface area (Å²) >= 11 is 1.32. The molecule has 3 heterocycles. The molecule has 0 atom stereocenters. The van der Waals surface area contributed by atoms with Crippen LogP contribution in [-0.4, -0.2) is 15.0 Å². The number of aromatic nitrogens is 3. The molecule has 0 unspecified atom stereocenters. The molecular weight excluding hydrogens is 250 g/mol. The number of thiophene rings is 1. The number of rotatable bonds is 0. The second-order valence-electron chi connectivity index (χ2n) is 3.06. The van der Waals surface area contributed by atoms with Crippen LogP contribution in [0.15, 0.2) is 27.9 Å². The number of fused-ring (bicyclic) bond motifs is 3. The normalized spacial score (nSPS) is 10.5. The number of hydrogen-bond acceptors (Lipinski definition) is 4. The minimum Gasteiger partial charge on any atom is -0.304 e. The number of aromatic amines is 2. The van der Waals surface area contributed by atoms with Gasteiger partial charge in [0.25, 0.3) is 5.56 Å². The van der Waals surface area contributed by atoms with E-state index in [4.69, 9.17) is 0 Å². The summed E-state index contributed by atoms with van der Waals surface area (Å²) in [5.74, 6) is 0. The second kappa shape index (κ2) is 3.73. The van der Waals surface area contributed by atoms with Crippen molar-refractivity contribution >= 4 is 44.2 Å². The molecule has 0 aliphatic heterocycles. The first-order valence-corrected chi connectivity index (χ1v) is 5.07. The van der Waals surface area contributed by atoms with Gasteiger partial charge in [-0.1, -0.05) is 0 Å². The van der Waals surface area contributed by atoms with Gasteiger partial charge in [-0.25, -0.2) is 4.79 Å². The van der Waals surface area contributed by atoms with E-state index in [0.29, 0.717) is 15.7 Å². The summed E-state index contributed by atoms with van der Waals surface area (Å²) in [4.78, 5) is 31.5. The van der Waals surface area contributed by atoms with Crippen molar-refractivity contribution < 1.29 is 0 Å². The molecule has 16 heavy (non-hydrogen) atoms. The fourth-order valence-electron chi connectivity index (χ4n) is 1.51. The van der Waals surface area contributed by atoms with Crippen LogP contribution in [-0.2, 0) is 0 Å². The average molecular weight is 256 g/mol. The zero-order valence-corrected chi connectivity index (χ0v) is 9.45. The molecule has 7 heteroatoms. The molecule has 0 amide bonds. The smallest absolute Gasteiger partial charge is 0.304 e. The summed E-state index contributed by atoms with van der Waals surface area (Å²) in [5, 5.41) is 0. The first-order valence-electron chi connectivity index (χ1n) is 4.25. The van der Waals surface area contributed by atoms with Crippen LogP contribution < -0.4 is 11.2 Å². The second-order valence-corrected chi connectivity index (χ2v) is 4.12. The molecule has 82 valence electrons. The van der Waals surface area contributed by atoms with Crippen LogP contribution in [0.1, 0.15) is 0 Å². The van der Waals surface area contributed by atoms with Gasteiger partial charge in [0.1, 0.15) is 10.2 Å². The molecular formula is C9H6ClN3O2S. The molecule has 3 rings (SSSR count). The highest BCUT2D eigenvalue weighted by atomic mass is 35.5. The Morgan fingerprint density at radius 2 is 2.06 bits per heavy atom. The third-order valence-corrected chi connectivity index (χ3v) is 3.26. The lowest BCUT2D eigenvalue weighted by molar-refractivity contribution is 1.09. The quantitative estimate of drug-likeness (QED) is 0.635. The highest BCUT2D eigenvalue weighted by Crippen LogP contribution is 2.26. The Bertz CT molecular complexity index is 773. The Kier molecular flexibility index (Phi) is 2.53. The van der Waals surface area contributed by atoms with Crippen molar-refractivity contribution in [3.63, 3.8) is 0 Å². The van der Waals surface area contributed by atoms with Crippen LogP contribution in [0.4, 0.5) is 0 Å². The number of nitrogens with one attached hydrogen (secondary N) is 2. The van der Waals surface area contributed by atoms with Gasteiger partial charge in [-0.05, 0) is 12.1 Å². The Labute approximate surface area is 98.6 Å². The van der Waals surface area contributed by atoms with E-state index in [2.05, 4.69) is 15.0 Å². The number of hydrogen-bond donors (Lipinski definition) is 2. The highest BCUT2D eigenvalue weighted by molar-refractivity contribution is 7.25. The van der Waals surface area contributed by atoms with Gasteiger partial charge in [-0.15, -0.1) is 23.7 Å². The molecule has 0 radical (unpaired) electrons. The van der Waals surface area contributed by atoms with Gasteiger partial charge in [-0.2, -0.15) is 0 Å². The van der Waals surface area contributed by atoms with E-state index in [1.807, 2.05) is 6.07 Å². The lowest BCUT2D eigenvalue weighted by Gasteiger charge is -1.88. The Morgan fingerprint density at radius 3 is 2.88 bits per heavy atom. The summed E-state index contributed by atoms with van der Waals surface area (Å²) in [6, 6.07) is 3.66. The fraction of sp³-hybridized carbons (Fsp3) is 0. The zero-order chi connectivity index (χ0) is 10.4. The monoisotopic (exact) mass is 255 g/mol. The predicted octanol–water partition coefficient (Wildman–Crippen LogP) is 1.25. The van der Waals surface area contributed by atoms with E-state index in [0.717, 1.165) is 4.70 Å². The van der Waals surface area contributed by atoms with E-state index < -0.39 is 5.69 Å². The molecule has 0 saturated carbocycles. The van der Waals surface area contributed by atoms with Crippen LogP contribution in [0, 0.1) is 0 Å². The number of halogens is 1. The maximum Gasteiger partial charge on any atom is 0.326 e. The molecule has 0 spiro atoms. The van der Waals surface area contributed by atoms with Gasteiger partial charge in [0.05, 0.1) is 10.2 Å².